The Balaban J connectivity index is 1.51. The maximum Gasteiger partial charge on any atom is 0.271 e. The third kappa shape index (κ3) is 2.82. The van der Waals surface area contributed by atoms with Crippen LogP contribution in [0, 0.1) is 51.5 Å². The van der Waals surface area contributed by atoms with E-state index in [2.05, 4.69) is 16.4 Å². The van der Waals surface area contributed by atoms with Gasteiger partial charge in [0.15, 0.2) is 11.6 Å². The predicted molar refractivity (Wildman–Crippen MR) is 117 cm³/mol. The van der Waals surface area contributed by atoms with Crippen molar-refractivity contribution in [2.24, 2.45) is 34.3 Å². The lowest BCUT2D eigenvalue weighted by Gasteiger charge is -2.36. The van der Waals surface area contributed by atoms with Gasteiger partial charge in [-0.15, -0.1) is 0 Å². The summed E-state index contributed by atoms with van der Waals surface area (Å²) in [6, 6.07) is 4.65. The zero-order chi connectivity index (χ0) is 24.6. The van der Waals surface area contributed by atoms with Crippen LogP contribution in [0.1, 0.15) is 37.2 Å². The highest BCUT2D eigenvalue weighted by molar-refractivity contribution is 6.01. The highest BCUT2D eigenvalue weighted by Gasteiger charge is 2.83. The third-order valence-electron chi connectivity index (χ3n) is 8.46. The van der Waals surface area contributed by atoms with E-state index >= 15 is 0 Å². The minimum absolute atomic E-state index is 0.0733. The van der Waals surface area contributed by atoms with Crippen molar-refractivity contribution in [2.75, 3.05) is 13.1 Å². The lowest BCUT2D eigenvalue weighted by atomic mass is 9.73. The summed E-state index contributed by atoms with van der Waals surface area (Å²) in [7, 11) is 0. The summed E-state index contributed by atoms with van der Waals surface area (Å²) < 4.78 is 27.3. The number of primary amides is 1. The minimum Gasteiger partial charge on any atom is -0.368 e. The number of nitriles is 1. The van der Waals surface area contributed by atoms with Gasteiger partial charge >= 0.3 is 0 Å². The Kier molecular flexibility index (Phi) is 4.76. The number of nitrogens with two attached hydrogens (primary N) is 1. The van der Waals surface area contributed by atoms with Gasteiger partial charge in [-0.05, 0) is 36.3 Å². The smallest absolute Gasteiger partial charge is 0.271 e. The number of hydrogen-bond donors (Lipinski definition) is 3. The number of benzene rings is 1. The summed E-state index contributed by atoms with van der Waals surface area (Å²) in [5.74, 6) is -4.56. The fraction of sp³-hybridized carbons (Fsp3) is 0.500. The molecular formula is C24H25F2N5O3. The molecule has 4 N–H and O–H groups in total. The Labute approximate surface area is 194 Å². The number of piperidine rings is 1. The Morgan fingerprint density at radius 1 is 1.29 bits per heavy atom. The monoisotopic (exact) mass is 469 g/mol. The van der Waals surface area contributed by atoms with E-state index < -0.39 is 46.2 Å². The number of hydrogen-bond acceptors (Lipinski definition) is 4. The molecule has 2 aromatic rings. The molecule has 3 amide bonds. The Morgan fingerprint density at radius 2 is 2.00 bits per heavy atom. The van der Waals surface area contributed by atoms with E-state index in [1.165, 1.54) is 11.0 Å². The van der Waals surface area contributed by atoms with Crippen molar-refractivity contribution in [3.8, 4) is 6.07 Å². The molecule has 3 heterocycles. The molecular weight excluding hydrogens is 444 g/mol. The first-order valence-corrected chi connectivity index (χ1v) is 11.3. The number of fused-ring (bicyclic) bond motifs is 2. The third-order valence-corrected chi connectivity index (χ3v) is 8.46. The number of amides is 3. The summed E-state index contributed by atoms with van der Waals surface area (Å²) in [5, 5.41) is 13.2. The molecule has 178 valence electrons. The Morgan fingerprint density at radius 3 is 2.62 bits per heavy atom. The Bertz CT molecular complexity index is 1240. The van der Waals surface area contributed by atoms with E-state index in [4.69, 9.17) is 5.73 Å². The maximum atomic E-state index is 13.6. The van der Waals surface area contributed by atoms with Gasteiger partial charge in [0, 0.05) is 41.4 Å². The average Bonchev–Trinajstić information content (AvgIpc) is 3.28. The van der Waals surface area contributed by atoms with E-state index in [0.29, 0.717) is 24.8 Å². The summed E-state index contributed by atoms with van der Waals surface area (Å²) >= 11 is 0. The van der Waals surface area contributed by atoms with Gasteiger partial charge in [0.05, 0.1) is 12.0 Å². The Hall–Kier alpha value is -3.48. The van der Waals surface area contributed by atoms with Crippen LogP contribution in [-0.2, 0) is 9.59 Å². The summed E-state index contributed by atoms with van der Waals surface area (Å²) in [4.78, 5) is 42.6. The van der Waals surface area contributed by atoms with Gasteiger partial charge in [-0.1, -0.05) is 13.8 Å². The SMILES string of the molecule is CC1(C)C2CN(C(=O)c3cc4cc(F)c(F)cc4[nH]3)C(C(N)=O)C21[C@@H](C#N)C[C@H]1CCNC1=O. The van der Waals surface area contributed by atoms with Crippen molar-refractivity contribution in [3.05, 3.63) is 35.5 Å². The van der Waals surface area contributed by atoms with Crippen LogP contribution < -0.4 is 11.1 Å². The molecule has 3 aliphatic rings. The molecule has 1 aromatic carbocycles. The molecule has 1 saturated carbocycles. The van der Waals surface area contributed by atoms with Crippen LogP contribution >= 0.6 is 0 Å². The number of nitrogens with zero attached hydrogens (tertiary/aromatic N) is 2. The molecule has 0 spiro atoms. The van der Waals surface area contributed by atoms with Crippen molar-refractivity contribution in [1.29, 1.82) is 5.26 Å². The molecule has 5 rings (SSSR count). The van der Waals surface area contributed by atoms with Gasteiger partial charge in [0.2, 0.25) is 11.8 Å². The van der Waals surface area contributed by atoms with Gasteiger partial charge in [-0.2, -0.15) is 5.26 Å². The highest BCUT2D eigenvalue weighted by Crippen LogP contribution is 2.78. The second-order valence-corrected chi connectivity index (χ2v) is 10.2. The molecule has 1 aromatic heterocycles. The second kappa shape index (κ2) is 7.26. The van der Waals surface area contributed by atoms with Gasteiger partial charge < -0.3 is 20.9 Å². The molecule has 5 atom stereocenters. The number of carbonyl (C=O) groups is 3. The number of halogens is 2. The number of carbonyl (C=O) groups excluding carboxylic acids is 3. The summed E-state index contributed by atoms with van der Waals surface area (Å²) in [5.41, 5.74) is 4.84. The standard InChI is InChI=1S/C24H25F2N5O3/c1-23(2)18-10-31(22(34)17-7-12-6-14(25)15(26)8-16(12)30-17)19(20(28)32)24(18,23)13(9-27)5-11-3-4-29-21(11)33/h6-8,11,13,18-19,30H,3-5,10H2,1-2H3,(H2,28,32)(H,29,33)/t11-,13-,18?,19?,24?/m1/s1. The lowest BCUT2D eigenvalue weighted by molar-refractivity contribution is -0.125. The van der Waals surface area contributed by atoms with Gasteiger partial charge in [0.1, 0.15) is 11.7 Å². The first-order chi connectivity index (χ1) is 16.0. The number of aromatic nitrogens is 1. The fourth-order valence-electron chi connectivity index (χ4n) is 6.80. The predicted octanol–water partition coefficient (Wildman–Crippen LogP) is 2.06. The number of nitrogens with one attached hydrogen (secondary N) is 2. The zero-order valence-corrected chi connectivity index (χ0v) is 18.8. The van der Waals surface area contributed by atoms with Crippen molar-refractivity contribution in [1.82, 2.24) is 15.2 Å². The largest absolute Gasteiger partial charge is 0.368 e. The maximum absolute atomic E-state index is 13.6. The normalized spacial score (nSPS) is 30.0. The van der Waals surface area contributed by atoms with Gasteiger partial charge in [0.25, 0.3) is 5.91 Å². The number of H-pyrrole nitrogens is 1. The minimum atomic E-state index is -1.05. The first kappa shape index (κ1) is 22.3. The molecule has 2 aliphatic heterocycles. The number of rotatable bonds is 5. The zero-order valence-electron chi connectivity index (χ0n) is 18.8. The first-order valence-electron chi connectivity index (χ1n) is 11.3. The van der Waals surface area contributed by atoms with Crippen molar-refractivity contribution >= 4 is 28.6 Å². The van der Waals surface area contributed by atoms with Crippen molar-refractivity contribution in [2.45, 2.75) is 32.7 Å². The molecule has 0 radical (unpaired) electrons. The van der Waals surface area contributed by atoms with Crippen LogP contribution in [0.2, 0.25) is 0 Å². The molecule has 8 nitrogen and oxygen atoms in total. The second-order valence-electron chi connectivity index (χ2n) is 10.2. The summed E-state index contributed by atoms with van der Waals surface area (Å²) in [6.45, 7) is 4.69. The topological polar surface area (TPSA) is 132 Å². The van der Waals surface area contributed by atoms with Crippen molar-refractivity contribution in [3.63, 3.8) is 0 Å². The molecule has 3 unspecified atom stereocenters. The van der Waals surface area contributed by atoms with Gasteiger partial charge in [-0.25, -0.2) is 8.78 Å². The molecule has 3 fully saturated rings. The van der Waals surface area contributed by atoms with Crippen LogP contribution in [0.5, 0.6) is 0 Å². The number of aromatic amines is 1. The van der Waals surface area contributed by atoms with Crippen LogP contribution in [0.15, 0.2) is 18.2 Å². The highest BCUT2D eigenvalue weighted by atomic mass is 19.2. The van der Waals surface area contributed by atoms with Crippen LogP contribution in [0.3, 0.4) is 0 Å². The lowest BCUT2D eigenvalue weighted by Crippen LogP contribution is -2.53. The van der Waals surface area contributed by atoms with Gasteiger partial charge in [-0.3, -0.25) is 14.4 Å². The molecule has 2 saturated heterocycles. The molecule has 0 bridgehead atoms. The van der Waals surface area contributed by atoms with E-state index in [-0.39, 0.29) is 35.5 Å². The fourth-order valence-corrected chi connectivity index (χ4v) is 6.80. The van der Waals surface area contributed by atoms with E-state index in [0.717, 1.165) is 12.1 Å². The molecule has 10 heteroatoms. The quantitative estimate of drug-likeness (QED) is 0.618. The molecule has 1 aliphatic carbocycles. The van der Waals surface area contributed by atoms with Crippen LogP contribution in [0.4, 0.5) is 8.78 Å². The molecule has 34 heavy (non-hydrogen) atoms. The van der Waals surface area contributed by atoms with Crippen LogP contribution in [0.25, 0.3) is 10.9 Å². The summed E-state index contributed by atoms with van der Waals surface area (Å²) in [6.07, 6.45) is 0.906. The average molecular weight is 469 g/mol. The number of likely N-dealkylation sites (tertiary alicyclic amines) is 1. The van der Waals surface area contributed by atoms with Crippen LogP contribution in [-0.4, -0.2) is 46.7 Å². The van der Waals surface area contributed by atoms with E-state index in [1.54, 1.807) is 0 Å². The van der Waals surface area contributed by atoms with E-state index in [9.17, 15) is 28.4 Å². The van der Waals surface area contributed by atoms with E-state index in [1.807, 2.05) is 13.8 Å². The van der Waals surface area contributed by atoms with Crippen molar-refractivity contribution < 1.29 is 23.2 Å².